The highest BCUT2D eigenvalue weighted by atomic mass is 32.1. The Morgan fingerprint density at radius 1 is 1.46 bits per heavy atom. The van der Waals surface area contributed by atoms with Crippen LogP contribution >= 0.6 is 11.3 Å². The second-order valence-electron chi connectivity index (χ2n) is 6.20. The van der Waals surface area contributed by atoms with Gasteiger partial charge in [-0.2, -0.15) is 0 Å². The smallest absolute Gasteiger partial charge is 0.260 e. The fourth-order valence-electron chi connectivity index (χ4n) is 2.93. The fourth-order valence-corrected chi connectivity index (χ4v) is 3.63. The zero-order valence-electron chi connectivity index (χ0n) is 13.4. The molecule has 0 bridgehead atoms. The summed E-state index contributed by atoms with van der Waals surface area (Å²) in [5, 5.41) is 4.81. The lowest BCUT2D eigenvalue weighted by Gasteiger charge is -2.30. The van der Waals surface area contributed by atoms with E-state index in [4.69, 9.17) is 0 Å². The van der Waals surface area contributed by atoms with Crippen molar-refractivity contribution >= 4 is 22.4 Å². The van der Waals surface area contributed by atoms with Crippen molar-refractivity contribution in [2.45, 2.75) is 26.3 Å². The van der Waals surface area contributed by atoms with Gasteiger partial charge in [0.2, 0.25) is 0 Å². The van der Waals surface area contributed by atoms with Gasteiger partial charge in [-0.3, -0.25) is 15.0 Å². The first kappa shape index (κ1) is 17.0. The number of nitrogens with zero attached hydrogens (tertiary/aromatic N) is 2. The minimum atomic E-state index is -0.756. The van der Waals surface area contributed by atoms with Crippen LogP contribution in [0.4, 0.5) is 13.9 Å². The van der Waals surface area contributed by atoms with Crippen molar-refractivity contribution in [2.24, 2.45) is 5.92 Å². The summed E-state index contributed by atoms with van der Waals surface area (Å²) in [4.78, 5) is 18.8. The van der Waals surface area contributed by atoms with Crippen molar-refractivity contribution in [1.82, 2.24) is 9.88 Å². The zero-order chi connectivity index (χ0) is 17.1. The van der Waals surface area contributed by atoms with Crippen LogP contribution in [0.2, 0.25) is 0 Å². The number of carbonyl (C=O) groups is 1. The summed E-state index contributed by atoms with van der Waals surface area (Å²) >= 11 is 1.29. The average molecular weight is 351 g/mol. The lowest BCUT2D eigenvalue weighted by Crippen LogP contribution is -2.33. The average Bonchev–Trinajstić information content (AvgIpc) is 2.96. The maximum Gasteiger partial charge on any atom is 0.260 e. The number of thiazole rings is 1. The van der Waals surface area contributed by atoms with Crippen molar-refractivity contribution in [3.8, 4) is 0 Å². The Balaban J connectivity index is 1.63. The molecule has 0 spiro atoms. The molecule has 24 heavy (non-hydrogen) atoms. The molecule has 1 unspecified atom stereocenters. The number of nitrogens with one attached hydrogen (secondary N) is 1. The van der Waals surface area contributed by atoms with E-state index in [0.717, 1.165) is 43.5 Å². The largest absolute Gasteiger partial charge is 0.298 e. The normalized spacial score (nSPS) is 18.5. The number of halogens is 2. The molecule has 1 atom stereocenters. The molecule has 2 heterocycles. The molecule has 4 nitrogen and oxygen atoms in total. The van der Waals surface area contributed by atoms with Gasteiger partial charge in [0.25, 0.3) is 5.91 Å². The van der Waals surface area contributed by atoms with Crippen LogP contribution in [0.1, 0.15) is 35.8 Å². The van der Waals surface area contributed by atoms with Crippen molar-refractivity contribution < 1.29 is 13.6 Å². The van der Waals surface area contributed by atoms with Crippen LogP contribution in [0.15, 0.2) is 23.6 Å². The summed E-state index contributed by atoms with van der Waals surface area (Å²) in [6.45, 7) is 5.09. The predicted molar refractivity (Wildman–Crippen MR) is 90.1 cm³/mol. The third kappa shape index (κ3) is 4.15. The Labute approximate surface area is 143 Å². The molecular formula is C17H19F2N3OS. The van der Waals surface area contributed by atoms with E-state index in [-0.39, 0.29) is 5.56 Å². The Morgan fingerprint density at radius 3 is 3.08 bits per heavy atom. The molecule has 0 saturated carbocycles. The number of aromatic nitrogens is 1. The highest BCUT2D eigenvalue weighted by Crippen LogP contribution is 2.21. The molecule has 3 rings (SSSR count). The summed E-state index contributed by atoms with van der Waals surface area (Å²) in [5.74, 6) is -1.42. The maximum atomic E-state index is 13.6. The van der Waals surface area contributed by atoms with Crippen LogP contribution in [0.25, 0.3) is 0 Å². The van der Waals surface area contributed by atoms with E-state index >= 15 is 0 Å². The number of piperidine rings is 1. The molecule has 1 saturated heterocycles. The molecular weight excluding hydrogens is 332 g/mol. The molecule has 0 aliphatic carbocycles. The van der Waals surface area contributed by atoms with Crippen molar-refractivity contribution in [3.05, 3.63) is 46.5 Å². The van der Waals surface area contributed by atoms with Gasteiger partial charge in [0.05, 0.1) is 11.3 Å². The molecule has 7 heteroatoms. The molecule has 2 aromatic rings. The second-order valence-corrected chi connectivity index (χ2v) is 7.06. The number of likely N-dealkylation sites (tertiary alicyclic amines) is 1. The predicted octanol–water partition coefficient (Wildman–Crippen LogP) is 3.91. The lowest BCUT2D eigenvalue weighted by atomic mass is 10.0. The Morgan fingerprint density at radius 2 is 2.29 bits per heavy atom. The fraction of sp³-hybridized carbons (Fsp3) is 0.412. The second kappa shape index (κ2) is 7.36. The Hall–Kier alpha value is -1.86. The monoisotopic (exact) mass is 351 g/mol. The SMILES string of the molecule is CC1CCCN(Cc2csc(NC(=O)c3cc(F)ccc3F)n2)C1. The summed E-state index contributed by atoms with van der Waals surface area (Å²) in [7, 11) is 0. The minimum Gasteiger partial charge on any atom is -0.298 e. The van der Waals surface area contributed by atoms with Gasteiger partial charge in [-0.15, -0.1) is 11.3 Å². The molecule has 1 N–H and O–H groups in total. The van der Waals surface area contributed by atoms with Gasteiger partial charge in [0.15, 0.2) is 5.13 Å². The van der Waals surface area contributed by atoms with Crippen LogP contribution in [0, 0.1) is 17.6 Å². The standard InChI is InChI=1S/C17H19F2N3OS/c1-11-3-2-6-22(8-11)9-13-10-24-17(20-13)21-16(23)14-7-12(18)4-5-15(14)19/h4-5,7,10-11H,2-3,6,8-9H2,1H3,(H,20,21,23). The number of benzene rings is 1. The van der Waals surface area contributed by atoms with E-state index in [2.05, 4.69) is 22.1 Å². The number of carbonyl (C=O) groups excluding carboxylic acids is 1. The van der Waals surface area contributed by atoms with Gasteiger partial charge < -0.3 is 0 Å². The van der Waals surface area contributed by atoms with E-state index in [0.29, 0.717) is 11.0 Å². The molecule has 1 aliphatic heterocycles. The van der Waals surface area contributed by atoms with E-state index in [1.165, 1.54) is 24.2 Å². The molecule has 1 aromatic carbocycles. The Kier molecular flexibility index (Phi) is 5.20. The van der Waals surface area contributed by atoms with E-state index in [1.807, 2.05) is 5.38 Å². The molecule has 0 radical (unpaired) electrons. The summed E-state index contributed by atoms with van der Waals surface area (Å²) in [6.07, 6.45) is 2.45. The van der Waals surface area contributed by atoms with Gasteiger partial charge in [0.1, 0.15) is 11.6 Å². The maximum absolute atomic E-state index is 13.6. The third-order valence-corrected chi connectivity index (χ3v) is 4.88. The summed E-state index contributed by atoms with van der Waals surface area (Å²) < 4.78 is 26.8. The van der Waals surface area contributed by atoms with Gasteiger partial charge in [-0.05, 0) is 43.5 Å². The van der Waals surface area contributed by atoms with Crippen LogP contribution in [0.5, 0.6) is 0 Å². The summed E-state index contributed by atoms with van der Waals surface area (Å²) in [5.41, 5.74) is 0.556. The highest BCUT2D eigenvalue weighted by molar-refractivity contribution is 7.13. The Bertz CT molecular complexity index is 734. The minimum absolute atomic E-state index is 0.323. The first-order chi connectivity index (χ1) is 11.5. The zero-order valence-corrected chi connectivity index (χ0v) is 14.2. The van der Waals surface area contributed by atoms with Gasteiger partial charge in [0, 0.05) is 18.5 Å². The lowest BCUT2D eigenvalue weighted by molar-refractivity contribution is 0.102. The van der Waals surface area contributed by atoms with Gasteiger partial charge in [-0.1, -0.05) is 6.92 Å². The third-order valence-electron chi connectivity index (χ3n) is 4.07. The number of anilines is 1. The first-order valence-corrected chi connectivity index (χ1v) is 8.82. The van der Waals surface area contributed by atoms with Crippen molar-refractivity contribution in [2.75, 3.05) is 18.4 Å². The van der Waals surface area contributed by atoms with Crippen LogP contribution in [-0.4, -0.2) is 28.9 Å². The van der Waals surface area contributed by atoms with Gasteiger partial charge >= 0.3 is 0 Å². The number of amides is 1. The first-order valence-electron chi connectivity index (χ1n) is 7.94. The van der Waals surface area contributed by atoms with Gasteiger partial charge in [-0.25, -0.2) is 13.8 Å². The highest BCUT2D eigenvalue weighted by Gasteiger charge is 2.18. The molecule has 1 amide bonds. The van der Waals surface area contributed by atoms with E-state index < -0.39 is 17.5 Å². The molecule has 1 fully saturated rings. The van der Waals surface area contributed by atoms with Crippen molar-refractivity contribution in [1.29, 1.82) is 0 Å². The van der Waals surface area contributed by atoms with E-state index in [9.17, 15) is 13.6 Å². The number of rotatable bonds is 4. The summed E-state index contributed by atoms with van der Waals surface area (Å²) in [6, 6.07) is 2.80. The quantitative estimate of drug-likeness (QED) is 0.908. The number of hydrogen-bond acceptors (Lipinski definition) is 4. The van der Waals surface area contributed by atoms with Crippen molar-refractivity contribution in [3.63, 3.8) is 0 Å². The van der Waals surface area contributed by atoms with Crippen LogP contribution < -0.4 is 5.32 Å². The topological polar surface area (TPSA) is 45.2 Å². The van der Waals surface area contributed by atoms with E-state index in [1.54, 1.807) is 0 Å². The molecule has 128 valence electrons. The molecule has 1 aromatic heterocycles. The van der Waals surface area contributed by atoms with Crippen LogP contribution in [-0.2, 0) is 6.54 Å². The van der Waals surface area contributed by atoms with Crippen LogP contribution in [0.3, 0.4) is 0 Å². The number of hydrogen-bond donors (Lipinski definition) is 1. The molecule has 1 aliphatic rings.